The number of furan rings is 1. The van der Waals surface area contributed by atoms with Crippen molar-refractivity contribution >= 4 is 36.4 Å². The smallest absolute Gasteiger partial charge is 0.290 e. The van der Waals surface area contributed by atoms with Gasteiger partial charge in [-0.25, -0.2) is 0 Å². The minimum absolute atomic E-state index is 0. The van der Waals surface area contributed by atoms with Gasteiger partial charge in [0.2, 0.25) is 0 Å². The second-order valence-corrected chi connectivity index (χ2v) is 5.97. The Morgan fingerprint density at radius 3 is 2.60 bits per heavy atom. The second-order valence-electron chi connectivity index (χ2n) is 5.97. The average molecular weight is 386 g/mol. The van der Waals surface area contributed by atoms with Gasteiger partial charge in [-0.1, -0.05) is 25.1 Å². The van der Waals surface area contributed by atoms with Crippen LogP contribution in [0.5, 0.6) is 0 Å². The van der Waals surface area contributed by atoms with Crippen LogP contribution in [0.3, 0.4) is 0 Å². The fourth-order valence-corrected chi connectivity index (χ4v) is 3.17. The number of nitrogens with zero attached hydrogens (tertiary/aromatic N) is 2. The maximum absolute atomic E-state index is 12.9. The first kappa shape index (κ1) is 21.4. The molecule has 5 nitrogen and oxygen atoms in total. The summed E-state index contributed by atoms with van der Waals surface area (Å²) in [6.07, 6.45) is 0.897. The highest BCUT2D eigenvalue weighted by atomic mass is 35.5. The van der Waals surface area contributed by atoms with Crippen LogP contribution >= 0.6 is 24.8 Å². The Kier molecular flexibility index (Phi) is 7.80. The Morgan fingerprint density at radius 2 is 1.96 bits per heavy atom. The summed E-state index contributed by atoms with van der Waals surface area (Å²) in [6, 6.07) is 11.9. The van der Waals surface area contributed by atoms with E-state index >= 15 is 0 Å². The van der Waals surface area contributed by atoms with Crippen LogP contribution in [0.1, 0.15) is 35.2 Å². The molecule has 1 aromatic carbocycles. The first-order chi connectivity index (χ1) is 11.1. The summed E-state index contributed by atoms with van der Waals surface area (Å²) in [6.45, 7) is 3.82. The van der Waals surface area contributed by atoms with Crippen LogP contribution in [0.25, 0.3) is 0 Å². The van der Waals surface area contributed by atoms with Gasteiger partial charge in [0.05, 0.1) is 6.54 Å². The van der Waals surface area contributed by atoms with E-state index < -0.39 is 0 Å². The molecule has 0 spiro atoms. The Labute approximate surface area is 161 Å². The number of para-hydroxylation sites is 1. The molecule has 2 heterocycles. The van der Waals surface area contributed by atoms with E-state index in [0.29, 0.717) is 24.6 Å². The molecular formula is C18H25Cl2N3O2. The summed E-state index contributed by atoms with van der Waals surface area (Å²) in [7, 11) is 2.08. The molecule has 1 aromatic heterocycles. The zero-order chi connectivity index (χ0) is 16.4. The van der Waals surface area contributed by atoms with E-state index in [9.17, 15) is 4.79 Å². The number of rotatable bonds is 3. The van der Waals surface area contributed by atoms with Gasteiger partial charge in [-0.3, -0.25) is 4.79 Å². The van der Waals surface area contributed by atoms with Crippen molar-refractivity contribution in [3.05, 3.63) is 53.5 Å². The predicted octanol–water partition coefficient (Wildman–Crippen LogP) is 3.45. The molecular weight excluding hydrogens is 361 g/mol. The summed E-state index contributed by atoms with van der Waals surface area (Å²) < 4.78 is 5.57. The molecule has 0 aliphatic carbocycles. The van der Waals surface area contributed by atoms with Crippen molar-refractivity contribution in [1.82, 2.24) is 4.90 Å². The number of halogens is 2. The molecule has 0 fully saturated rings. The third kappa shape index (κ3) is 4.29. The lowest BCUT2D eigenvalue weighted by Gasteiger charge is -2.30. The van der Waals surface area contributed by atoms with E-state index in [0.717, 1.165) is 18.5 Å². The van der Waals surface area contributed by atoms with Crippen molar-refractivity contribution in [2.24, 2.45) is 5.73 Å². The lowest BCUT2D eigenvalue weighted by atomic mass is 10.1. The summed E-state index contributed by atoms with van der Waals surface area (Å²) in [5.41, 5.74) is 7.92. The van der Waals surface area contributed by atoms with Crippen LogP contribution < -0.4 is 10.6 Å². The van der Waals surface area contributed by atoms with Crippen molar-refractivity contribution in [1.29, 1.82) is 0 Å². The maximum atomic E-state index is 12.9. The van der Waals surface area contributed by atoms with E-state index in [2.05, 4.69) is 31.0 Å². The third-order valence-electron chi connectivity index (χ3n) is 4.47. The van der Waals surface area contributed by atoms with Crippen molar-refractivity contribution in [2.75, 3.05) is 18.5 Å². The molecule has 3 rings (SSSR count). The number of benzene rings is 1. The fraction of sp³-hybridized carbons (Fsp3) is 0.389. The summed E-state index contributed by atoms with van der Waals surface area (Å²) in [5.74, 6) is 0.932. The summed E-state index contributed by atoms with van der Waals surface area (Å²) in [5, 5.41) is 0. The minimum atomic E-state index is -0.0679. The van der Waals surface area contributed by atoms with Gasteiger partial charge in [-0.15, -0.1) is 24.8 Å². The normalized spacial score (nSPS) is 16.4. The van der Waals surface area contributed by atoms with E-state index in [1.54, 1.807) is 12.1 Å². The van der Waals surface area contributed by atoms with Crippen molar-refractivity contribution in [3.8, 4) is 0 Å². The van der Waals surface area contributed by atoms with Crippen LogP contribution in [-0.2, 0) is 13.1 Å². The van der Waals surface area contributed by atoms with Gasteiger partial charge in [0, 0.05) is 31.9 Å². The predicted molar refractivity (Wildman–Crippen MR) is 105 cm³/mol. The number of fused-ring (bicyclic) bond motifs is 1. The topological polar surface area (TPSA) is 62.7 Å². The van der Waals surface area contributed by atoms with Crippen LogP contribution in [0.2, 0.25) is 0 Å². The van der Waals surface area contributed by atoms with Crippen molar-refractivity contribution in [3.63, 3.8) is 0 Å². The monoisotopic (exact) mass is 385 g/mol. The number of hydrogen-bond acceptors (Lipinski definition) is 4. The van der Waals surface area contributed by atoms with E-state index in [1.807, 2.05) is 17.0 Å². The number of likely N-dealkylation sites (N-methyl/N-ethyl adjacent to an activating group) is 1. The fourth-order valence-electron chi connectivity index (χ4n) is 3.17. The molecule has 1 amide bonds. The highest BCUT2D eigenvalue weighted by molar-refractivity contribution is 5.92. The first-order valence-electron chi connectivity index (χ1n) is 8.02. The Hall–Kier alpha value is -1.69. The average Bonchev–Trinajstić information content (AvgIpc) is 3.01. The van der Waals surface area contributed by atoms with E-state index in [-0.39, 0.29) is 36.8 Å². The Bertz CT molecular complexity index is 705. The quantitative estimate of drug-likeness (QED) is 0.878. The van der Waals surface area contributed by atoms with E-state index in [1.165, 1.54) is 5.69 Å². The first-order valence-corrected chi connectivity index (χ1v) is 8.02. The molecule has 0 saturated carbocycles. The molecule has 1 aliphatic heterocycles. The molecule has 1 atom stereocenters. The largest absolute Gasteiger partial charge is 0.455 e. The molecule has 0 saturated heterocycles. The van der Waals surface area contributed by atoms with Gasteiger partial charge in [0.25, 0.3) is 5.91 Å². The van der Waals surface area contributed by atoms with Gasteiger partial charge in [-0.05, 0) is 30.2 Å². The number of carbonyl (C=O) groups excluding carboxylic acids is 1. The van der Waals surface area contributed by atoms with Gasteiger partial charge in [0.1, 0.15) is 5.76 Å². The summed E-state index contributed by atoms with van der Waals surface area (Å²) >= 11 is 0. The maximum Gasteiger partial charge on any atom is 0.290 e. The molecule has 1 aliphatic rings. The number of carbonyl (C=O) groups is 1. The SMILES string of the molecule is CCC1CN(C)c2ccccc2CN1C(=O)c1ccc(CN)o1.Cl.Cl. The highest BCUT2D eigenvalue weighted by Crippen LogP contribution is 2.28. The second kappa shape index (κ2) is 9.13. The molecule has 25 heavy (non-hydrogen) atoms. The Morgan fingerprint density at radius 1 is 1.24 bits per heavy atom. The molecule has 0 bridgehead atoms. The zero-order valence-corrected chi connectivity index (χ0v) is 16.1. The van der Waals surface area contributed by atoms with Crippen LogP contribution in [0, 0.1) is 0 Å². The number of hydrogen-bond donors (Lipinski definition) is 1. The number of anilines is 1. The molecule has 2 aromatic rings. The van der Waals surface area contributed by atoms with Crippen molar-refractivity contribution in [2.45, 2.75) is 32.5 Å². The molecule has 1 unspecified atom stereocenters. The van der Waals surface area contributed by atoms with Crippen molar-refractivity contribution < 1.29 is 9.21 Å². The lowest BCUT2D eigenvalue weighted by molar-refractivity contribution is 0.0633. The molecule has 0 radical (unpaired) electrons. The highest BCUT2D eigenvalue weighted by Gasteiger charge is 2.30. The van der Waals surface area contributed by atoms with Gasteiger partial charge in [-0.2, -0.15) is 0 Å². The molecule has 7 heteroatoms. The van der Waals surface area contributed by atoms with Crippen LogP contribution in [0.4, 0.5) is 5.69 Å². The minimum Gasteiger partial charge on any atom is -0.455 e. The summed E-state index contributed by atoms with van der Waals surface area (Å²) in [4.78, 5) is 17.1. The van der Waals surface area contributed by atoms with Crippen LogP contribution in [0.15, 0.2) is 40.8 Å². The molecule has 2 N–H and O–H groups in total. The van der Waals surface area contributed by atoms with Gasteiger partial charge >= 0.3 is 0 Å². The Balaban J connectivity index is 0.00000156. The number of amides is 1. The standard InChI is InChI=1S/C18H23N3O2.2ClH/c1-3-14-12-20(2)16-7-5-4-6-13(16)11-21(14)18(22)17-9-8-15(10-19)23-17;;/h4-9,14H,3,10-12,19H2,1-2H3;2*1H. The van der Waals surface area contributed by atoms with Gasteiger partial charge < -0.3 is 20.0 Å². The van der Waals surface area contributed by atoms with Gasteiger partial charge in [0.15, 0.2) is 5.76 Å². The molecule has 138 valence electrons. The van der Waals surface area contributed by atoms with Crippen LogP contribution in [-0.4, -0.2) is 30.4 Å². The lowest BCUT2D eigenvalue weighted by Crippen LogP contribution is -2.43. The third-order valence-corrected chi connectivity index (χ3v) is 4.47. The zero-order valence-electron chi connectivity index (χ0n) is 14.5. The number of nitrogens with two attached hydrogens (primary N) is 1. The van der Waals surface area contributed by atoms with E-state index in [4.69, 9.17) is 10.2 Å².